The second-order valence-corrected chi connectivity index (χ2v) is 12.0. The molecule has 0 radical (unpaired) electrons. The lowest BCUT2D eigenvalue weighted by Crippen LogP contribution is -2.26. The number of anilines is 1. The molecule has 1 aliphatic rings. The largest absolute Gasteiger partial charge is 0.619 e. The number of fused-ring (bicyclic) bond motifs is 1. The number of benzene rings is 3. The van der Waals surface area contributed by atoms with Crippen LogP contribution >= 0.6 is 23.2 Å². The van der Waals surface area contributed by atoms with E-state index in [0.717, 1.165) is 47.3 Å². The summed E-state index contributed by atoms with van der Waals surface area (Å²) >= 11 is 12.8. The van der Waals surface area contributed by atoms with Gasteiger partial charge in [-0.15, -0.1) is 0 Å². The Morgan fingerprint density at radius 3 is 2.30 bits per heavy atom. The third-order valence-corrected chi connectivity index (χ3v) is 8.30. The summed E-state index contributed by atoms with van der Waals surface area (Å²) in [4.78, 5) is 15.7. The molecule has 1 aromatic heterocycles. The van der Waals surface area contributed by atoms with Gasteiger partial charge < -0.3 is 24.3 Å². The van der Waals surface area contributed by atoms with Crippen LogP contribution in [0.3, 0.4) is 0 Å². The molecule has 7 nitrogen and oxygen atoms in total. The summed E-state index contributed by atoms with van der Waals surface area (Å²) in [6.07, 6.45) is 3.38. The van der Waals surface area contributed by atoms with Gasteiger partial charge in [-0.1, -0.05) is 53.5 Å². The Morgan fingerprint density at radius 1 is 0.977 bits per heavy atom. The van der Waals surface area contributed by atoms with Crippen LogP contribution in [0.4, 0.5) is 14.5 Å². The molecule has 0 amide bonds. The number of pyridine rings is 1. The predicted octanol–water partition coefficient (Wildman–Crippen LogP) is 7.87. The zero-order chi connectivity index (χ0) is 31.5. The zero-order valence-corrected chi connectivity index (χ0v) is 25.9. The van der Waals surface area contributed by atoms with Gasteiger partial charge in [-0.25, -0.2) is 0 Å². The van der Waals surface area contributed by atoms with E-state index in [4.69, 9.17) is 32.7 Å². The van der Waals surface area contributed by atoms with E-state index in [2.05, 4.69) is 10.8 Å². The molecule has 232 valence electrons. The van der Waals surface area contributed by atoms with E-state index in [1.54, 1.807) is 6.92 Å². The Morgan fingerprint density at radius 2 is 1.64 bits per heavy atom. The van der Waals surface area contributed by atoms with Crippen LogP contribution < -0.4 is 19.1 Å². The number of carbonyl (C=O) groups is 1. The number of rotatable bonds is 12. The first-order chi connectivity index (χ1) is 21.0. The Hall–Kier alpha value is -3.82. The van der Waals surface area contributed by atoms with Gasteiger partial charge >= 0.3 is 12.6 Å². The molecule has 1 saturated carbocycles. The van der Waals surface area contributed by atoms with Gasteiger partial charge in [0, 0.05) is 31.8 Å². The van der Waals surface area contributed by atoms with E-state index in [-0.39, 0.29) is 28.0 Å². The molecule has 5 rings (SSSR count). The van der Waals surface area contributed by atoms with Crippen LogP contribution in [-0.2, 0) is 16.0 Å². The van der Waals surface area contributed by atoms with Crippen molar-refractivity contribution in [2.75, 3.05) is 25.6 Å². The highest BCUT2D eigenvalue weighted by Crippen LogP contribution is 2.38. The maximum atomic E-state index is 13.6. The summed E-state index contributed by atoms with van der Waals surface area (Å²) in [5.74, 6) is -0.829. The van der Waals surface area contributed by atoms with Crippen LogP contribution in [-0.4, -0.2) is 33.3 Å². The van der Waals surface area contributed by atoms with Crippen molar-refractivity contribution in [3.8, 4) is 11.5 Å². The van der Waals surface area contributed by atoms with Gasteiger partial charge in [0.25, 0.3) is 0 Å². The summed E-state index contributed by atoms with van der Waals surface area (Å²) < 4.78 is 43.4. The Kier molecular flexibility index (Phi) is 9.65. The van der Waals surface area contributed by atoms with Crippen molar-refractivity contribution in [3.05, 3.63) is 98.9 Å². The lowest BCUT2D eigenvalue weighted by molar-refractivity contribution is -0.605. The number of carbonyl (C=O) groups excluding carboxylic acids is 1. The first-order valence-electron chi connectivity index (χ1n) is 14.2. The Labute approximate surface area is 264 Å². The summed E-state index contributed by atoms with van der Waals surface area (Å²) in [5.41, 5.74) is 2.67. The van der Waals surface area contributed by atoms with Gasteiger partial charge in [0.2, 0.25) is 0 Å². The van der Waals surface area contributed by atoms with Crippen molar-refractivity contribution >= 4 is 45.6 Å². The standard InChI is InChI=1S/C33H32Cl2F2N2O5/c1-19(21-6-7-23-13-25(38(2)3)10-8-22(23)12-21)32(40)43-30(15-26-27(34)16-39(41)17-28(26)35)24-9-11-29(44-33(36)37)31(14-24)42-18-20-4-5-20/h6-14,16-17,19-20,30,33H,4-5,15,18H2,1-3H3. The van der Waals surface area contributed by atoms with Crippen LogP contribution in [0.25, 0.3) is 10.8 Å². The number of nitrogens with zero attached hydrogens (tertiary/aromatic N) is 2. The quantitative estimate of drug-likeness (QED) is 0.0888. The summed E-state index contributed by atoms with van der Waals surface area (Å²) in [6, 6.07) is 16.3. The van der Waals surface area contributed by atoms with Crippen LogP contribution in [0.2, 0.25) is 10.0 Å². The molecule has 0 aliphatic heterocycles. The summed E-state index contributed by atoms with van der Waals surface area (Å²) in [5, 5.41) is 14.1. The number of halogens is 4. The number of esters is 1. The number of hydrogen-bond acceptors (Lipinski definition) is 6. The van der Waals surface area contributed by atoms with Crippen molar-refractivity contribution in [2.45, 2.75) is 44.8 Å². The molecule has 0 bridgehead atoms. The number of hydrogen-bond donors (Lipinski definition) is 0. The van der Waals surface area contributed by atoms with Crippen molar-refractivity contribution in [1.29, 1.82) is 0 Å². The van der Waals surface area contributed by atoms with Gasteiger partial charge in [-0.05, 0) is 71.8 Å². The van der Waals surface area contributed by atoms with E-state index in [1.807, 2.05) is 49.3 Å². The highest BCUT2D eigenvalue weighted by molar-refractivity contribution is 6.35. The minimum absolute atomic E-state index is 0.0130. The fraction of sp³-hybridized carbons (Fsp3) is 0.333. The molecule has 0 spiro atoms. The van der Waals surface area contributed by atoms with E-state index >= 15 is 0 Å². The number of aromatic nitrogens is 1. The fourth-order valence-corrected chi connectivity index (χ4v) is 5.44. The third kappa shape index (κ3) is 7.63. The first kappa shape index (κ1) is 31.6. The first-order valence-corrected chi connectivity index (χ1v) is 14.9. The van der Waals surface area contributed by atoms with Gasteiger partial charge in [-0.3, -0.25) is 4.79 Å². The number of ether oxygens (including phenoxy) is 3. The second kappa shape index (κ2) is 13.4. The molecule has 2 atom stereocenters. The predicted molar refractivity (Wildman–Crippen MR) is 166 cm³/mol. The maximum Gasteiger partial charge on any atom is 0.387 e. The highest BCUT2D eigenvalue weighted by atomic mass is 35.5. The van der Waals surface area contributed by atoms with E-state index < -0.39 is 24.6 Å². The van der Waals surface area contributed by atoms with Crippen molar-refractivity contribution in [2.24, 2.45) is 5.92 Å². The average Bonchev–Trinajstić information content (AvgIpc) is 3.81. The summed E-state index contributed by atoms with van der Waals surface area (Å²) in [7, 11) is 3.94. The lowest BCUT2D eigenvalue weighted by atomic mass is 9.97. The lowest BCUT2D eigenvalue weighted by Gasteiger charge is -2.23. The third-order valence-electron chi connectivity index (χ3n) is 7.65. The van der Waals surface area contributed by atoms with E-state index in [1.165, 1.54) is 18.2 Å². The monoisotopic (exact) mass is 644 g/mol. The fourth-order valence-electron chi connectivity index (χ4n) is 4.84. The SMILES string of the molecule is CC(C(=O)OC(Cc1c(Cl)c[n+]([O-])cc1Cl)c1ccc(OC(F)F)c(OCC2CC2)c1)c1ccc2cc(N(C)C)ccc2c1. The molecular formula is C33H32Cl2F2N2O5. The highest BCUT2D eigenvalue weighted by Gasteiger charge is 2.28. The molecule has 2 unspecified atom stereocenters. The molecule has 44 heavy (non-hydrogen) atoms. The van der Waals surface area contributed by atoms with Crippen molar-refractivity contribution in [1.82, 2.24) is 0 Å². The van der Waals surface area contributed by atoms with Gasteiger partial charge in [-0.2, -0.15) is 13.5 Å². The maximum absolute atomic E-state index is 13.6. The van der Waals surface area contributed by atoms with Crippen LogP contribution in [0.15, 0.2) is 67.0 Å². The molecule has 11 heteroatoms. The Balaban J connectivity index is 1.46. The molecule has 1 aliphatic carbocycles. The van der Waals surface area contributed by atoms with Gasteiger partial charge in [0.1, 0.15) is 16.1 Å². The Bertz CT molecular complexity index is 1640. The van der Waals surface area contributed by atoms with Crippen molar-refractivity contribution in [3.63, 3.8) is 0 Å². The zero-order valence-electron chi connectivity index (χ0n) is 24.4. The average molecular weight is 646 g/mol. The molecule has 1 fully saturated rings. The van der Waals surface area contributed by atoms with Crippen molar-refractivity contribution < 1.29 is 32.5 Å². The number of alkyl halides is 2. The molecule has 0 N–H and O–H groups in total. The topological polar surface area (TPSA) is 74.9 Å². The minimum atomic E-state index is -3.05. The molecule has 4 aromatic rings. The summed E-state index contributed by atoms with van der Waals surface area (Å²) in [6.45, 7) is -0.945. The van der Waals surface area contributed by atoms with E-state index in [9.17, 15) is 18.8 Å². The molecule has 3 aromatic carbocycles. The minimum Gasteiger partial charge on any atom is -0.619 e. The van der Waals surface area contributed by atoms with Crippen LogP contribution in [0.1, 0.15) is 48.5 Å². The second-order valence-electron chi connectivity index (χ2n) is 11.2. The normalized spacial score (nSPS) is 14.4. The molecule has 0 saturated heterocycles. The molecular weight excluding hydrogens is 613 g/mol. The van der Waals surface area contributed by atoms with Crippen LogP contribution in [0.5, 0.6) is 11.5 Å². The molecule has 1 heterocycles. The van der Waals surface area contributed by atoms with Crippen LogP contribution in [0, 0.1) is 11.1 Å². The van der Waals surface area contributed by atoms with E-state index in [0.29, 0.717) is 28.4 Å². The van der Waals surface area contributed by atoms with Gasteiger partial charge in [0.05, 0.1) is 12.5 Å². The smallest absolute Gasteiger partial charge is 0.387 e. The van der Waals surface area contributed by atoms with Gasteiger partial charge in [0.15, 0.2) is 23.9 Å².